The van der Waals surface area contributed by atoms with E-state index in [1.54, 1.807) is 0 Å². The molecule has 1 saturated carbocycles. The topological polar surface area (TPSA) is 32.3 Å². The van der Waals surface area contributed by atoms with Gasteiger partial charge in [0.25, 0.3) is 0 Å². The third-order valence-corrected chi connectivity index (χ3v) is 6.28. The molecular weight excluding hydrogens is 308 g/mol. The molecule has 3 heteroatoms. The molecule has 3 rings (SSSR count). The van der Waals surface area contributed by atoms with Crippen LogP contribution in [0.2, 0.25) is 0 Å². The average Bonchev–Trinajstić information content (AvgIpc) is 2.67. The van der Waals surface area contributed by atoms with Gasteiger partial charge < -0.3 is 10.2 Å². The molecule has 3 nitrogen and oxygen atoms in total. The van der Waals surface area contributed by atoms with Crippen LogP contribution in [0.25, 0.3) is 0 Å². The van der Waals surface area contributed by atoms with Crippen molar-refractivity contribution in [3.05, 3.63) is 30.3 Å². The molecular formula is C22H34N2O. The Hall–Kier alpha value is -1.51. The van der Waals surface area contributed by atoms with Crippen LogP contribution in [0.1, 0.15) is 58.8 Å². The fourth-order valence-corrected chi connectivity index (χ4v) is 4.55. The zero-order valence-corrected chi connectivity index (χ0v) is 15.9. The first-order valence-electron chi connectivity index (χ1n) is 10.3. The first-order valence-corrected chi connectivity index (χ1v) is 10.3. The maximum Gasteiger partial charge on any atom is 0.245 e. The SMILES string of the molecule is CC(C)C1CCN(C(=O)[C@@H](Nc2ccccc2)C2CCCCC2)CC1. The Bertz CT molecular complexity index is 528. The zero-order chi connectivity index (χ0) is 17.6. The van der Waals surface area contributed by atoms with Gasteiger partial charge in [0, 0.05) is 18.8 Å². The predicted octanol–water partition coefficient (Wildman–Crippen LogP) is 4.94. The molecule has 1 N–H and O–H groups in total. The van der Waals surface area contributed by atoms with Crippen molar-refractivity contribution in [1.29, 1.82) is 0 Å². The summed E-state index contributed by atoms with van der Waals surface area (Å²) in [7, 11) is 0. The van der Waals surface area contributed by atoms with Crippen LogP contribution in [0.4, 0.5) is 5.69 Å². The highest BCUT2D eigenvalue weighted by Crippen LogP contribution is 2.31. The van der Waals surface area contributed by atoms with Gasteiger partial charge in [0.2, 0.25) is 5.91 Å². The maximum absolute atomic E-state index is 13.3. The summed E-state index contributed by atoms with van der Waals surface area (Å²) in [5.41, 5.74) is 1.07. The van der Waals surface area contributed by atoms with Crippen molar-refractivity contribution < 1.29 is 4.79 Å². The number of benzene rings is 1. The molecule has 0 unspecified atom stereocenters. The first-order chi connectivity index (χ1) is 12.1. The smallest absolute Gasteiger partial charge is 0.245 e. The van der Waals surface area contributed by atoms with Gasteiger partial charge in [0.1, 0.15) is 6.04 Å². The van der Waals surface area contributed by atoms with E-state index in [-0.39, 0.29) is 6.04 Å². The summed E-state index contributed by atoms with van der Waals surface area (Å²) in [5.74, 6) is 2.32. The van der Waals surface area contributed by atoms with E-state index in [2.05, 4.69) is 36.2 Å². The van der Waals surface area contributed by atoms with Gasteiger partial charge in [0.15, 0.2) is 0 Å². The zero-order valence-electron chi connectivity index (χ0n) is 15.9. The molecule has 1 aliphatic heterocycles. The van der Waals surface area contributed by atoms with Crippen LogP contribution in [0.5, 0.6) is 0 Å². The standard InChI is InChI=1S/C22H34N2O/c1-17(2)18-13-15-24(16-14-18)22(25)21(19-9-5-3-6-10-19)23-20-11-7-4-8-12-20/h4,7-8,11-12,17-19,21,23H,3,5-6,9-10,13-16H2,1-2H3/t21-/m0/s1. The Balaban J connectivity index is 1.68. The highest BCUT2D eigenvalue weighted by Gasteiger charge is 2.34. The number of nitrogens with one attached hydrogen (secondary N) is 1. The minimum atomic E-state index is -0.0571. The number of carbonyl (C=O) groups excluding carboxylic acids is 1. The van der Waals surface area contributed by atoms with Crippen molar-refractivity contribution in [3.8, 4) is 0 Å². The molecule has 1 saturated heterocycles. The molecule has 0 bridgehead atoms. The third-order valence-electron chi connectivity index (χ3n) is 6.28. The van der Waals surface area contributed by atoms with Crippen LogP contribution in [0.3, 0.4) is 0 Å². The van der Waals surface area contributed by atoms with Gasteiger partial charge in [-0.25, -0.2) is 0 Å². The van der Waals surface area contributed by atoms with Crippen LogP contribution in [0, 0.1) is 17.8 Å². The summed E-state index contributed by atoms with van der Waals surface area (Å²) in [6, 6.07) is 10.2. The van der Waals surface area contributed by atoms with E-state index in [9.17, 15) is 4.79 Å². The van der Waals surface area contributed by atoms with E-state index in [1.165, 1.54) is 32.1 Å². The quantitative estimate of drug-likeness (QED) is 0.822. The van der Waals surface area contributed by atoms with Crippen LogP contribution in [0.15, 0.2) is 30.3 Å². The second-order valence-corrected chi connectivity index (χ2v) is 8.29. The molecule has 1 aromatic rings. The summed E-state index contributed by atoms with van der Waals surface area (Å²) in [6.45, 7) is 6.48. The summed E-state index contributed by atoms with van der Waals surface area (Å²) in [6.07, 6.45) is 8.53. The number of para-hydroxylation sites is 1. The van der Waals surface area contributed by atoms with E-state index in [1.807, 2.05) is 18.2 Å². The number of anilines is 1. The molecule has 2 fully saturated rings. The van der Waals surface area contributed by atoms with Crippen LogP contribution < -0.4 is 5.32 Å². The van der Waals surface area contributed by atoms with Crippen LogP contribution in [-0.4, -0.2) is 29.9 Å². The summed E-state index contributed by atoms with van der Waals surface area (Å²) in [4.78, 5) is 15.5. The normalized spacial score (nSPS) is 21.3. The summed E-state index contributed by atoms with van der Waals surface area (Å²) in [5, 5.41) is 3.59. The van der Waals surface area contributed by atoms with Gasteiger partial charge in [-0.15, -0.1) is 0 Å². The largest absolute Gasteiger partial charge is 0.373 e. The van der Waals surface area contributed by atoms with Crippen LogP contribution >= 0.6 is 0 Å². The predicted molar refractivity (Wildman–Crippen MR) is 105 cm³/mol. The number of hydrogen-bond acceptors (Lipinski definition) is 2. The number of carbonyl (C=O) groups is 1. The van der Waals surface area contributed by atoms with E-state index < -0.39 is 0 Å². The van der Waals surface area contributed by atoms with Crippen LogP contribution in [-0.2, 0) is 4.79 Å². The van der Waals surface area contributed by atoms with Gasteiger partial charge >= 0.3 is 0 Å². The molecule has 25 heavy (non-hydrogen) atoms. The number of piperidine rings is 1. The molecule has 2 aliphatic rings. The fraction of sp³-hybridized carbons (Fsp3) is 0.682. The summed E-state index contributed by atoms with van der Waals surface area (Å²) < 4.78 is 0. The number of rotatable bonds is 5. The average molecular weight is 343 g/mol. The minimum absolute atomic E-state index is 0.0571. The van der Waals surface area contributed by atoms with Gasteiger partial charge in [-0.1, -0.05) is 51.3 Å². The second-order valence-electron chi connectivity index (χ2n) is 8.29. The highest BCUT2D eigenvalue weighted by molar-refractivity contribution is 5.85. The van der Waals surface area contributed by atoms with Gasteiger partial charge in [-0.3, -0.25) is 4.79 Å². The molecule has 138 valence electrons. The van der Waals surface area contributed by atoms with Crippen molar-refractivity contribution in [1.82, 2.24) is 4.90 Å². The van der Waals surface area contributed by atoms with Gasteiger partial charge in [0.05, 0.1) is 0 Å². The van der Waals surface area contributed by atoms with E-state index in [4.69, 9.17) is 0 Å². The van der Waals surface area contributed by atoms with Gasteiger partial charge in [-0.2, -0.15) is 0 Å². The van der Waals surface area contributed by atoms with E-state index >= 15 is 0 Å². The lowest BCUT2D eigenvalue weighted by Crippen LogP contribution is -2.50. The Morgan fingerprint density at radius 2 is 1.60 bits per heavy atom. The number of nitrogens with zero attached hydrogens (tertiary/aromatic N) is 1. The van der Waals surface area contributed by atoms with Crippen molar-refractivity contribution in [2.75, 3.05) is 18.4 Å². The minimum Gasteiger partial charge on any atom is -0.373 e. The monoisotopic (exact) mass is 342 g/mol. The summed E-state index contributed by atoms with van der Waals surface area (Å²) >= 11 is 0. The number of hydrogen-bond donors (Lipinski definition) is 1. The number of amides is 1. The van der Waals surface area contributed by atoms with E-state index in [0.29, 0.717) is 11.8 Å². The Kier molecular flexibility index (Phi) is 6.39. The molecule has 1 atom stereocenters. The maximum atomic E-state index is 13.3. The lowest BCUT2D eigenvalue weighted by Gasteiger charge is -2.38. The molecule has 0 spiro atoms. The molecule has 1 aliphatic carbocycles. The number of likely N-dealkylation sites (tertiary alicyclic amines) is 1. The second kappa shape index (κ2) is 8.73. The van der Waals surface area contributed by atoms with Crippen molar-refractivity contribution >= 4 is 11.6 Å². The third kappa shape index (κ3) is 4.77. The van der Waals surface area contributed by atoms with E-state index in [0.717, 1.165) is 43.5 Å². The Morgan fingerprint density at radius 1 is 0.960 bits per heavy atom. The fourth-order valence-electron chi connectivity index (χ4n) is 4.55. The highest BCUT2D eigenvalue weighted by atomic mass is 16.2. The van der Waals surface area contributed by atoms with Crippen molar-refractivity contribution in [3.63, 3.8) is 0 Å². The van der Waals surface area contributed by atoms with Gasteiger partial charge in [-0.05, 0) is 55.6 Å². The van der Waals surface area contributed by atoms with Crippen molar-refractivity contribution in [2.45, 2.75) is 64.8 Å². The lowest BCUT2D eigenvalue weighted by atomic mass is 9.82. The van der Waals surface area contributed by atoms with Crippen molar-refractivity contribution in [2.24, 2.45) is 17.8 Å². The first kappa shape index (κ1) is 18.3. The Labute approximate surface area is 153 Å². The molecule has 0 aromatic heterocycles. The Morgan fingerprint density at radius 3 is 2.20 bits per heavy atom. The molecule has 0 radical (unpaired) electrons. The molecule has 1 heterocycles. The lowest BCUT2D eigenvalue weighted by molar-refractivity contribution is -0.135. The molecule has 1 aromatic carbocycles. The molecule has 1 amide bonds.